The Kier molecular flexibility index (Phi) is 7.29. The second kappa shape index (κ2) is 10.6. The number of ether oxygens (including phenoxy) is 3. The largest absolute Gasteiger partial charge is 0.507 e. The molecule has 1 N–H and O–H groups in total. The lowest BCUT2D eigenvalue weighted by Crippen LogP contribution is -2.29. The van der Waals surface area contributed by atoms with Crippen LogP contribution in [0.4, 0.5) is 5.69 Å². The highest BCUT2D eigenvalue weighted by atomic mass is 16.5. The molecular weight excluding hydrogens is 458 g/mol. The summed E-state index contributed by atoms with van der Waals surface area (Å²) < 4.78 is 16.7. The van der Waals surface area contributed by atoms with Crippen LogP contribution in [-0.2, 0) is 9.59 Å². The number of carbonyl (C=O) groups is 2. The Morgan fingerprint density at radius 1 is 0.944 bits per heavy atom. The van der Waals surface area contributed by atoms with Crippen LogP contribution >= 0.6 is 0 Å². The Labute approximate surface area is 210 Å². The second-order valence-electron chi connectivity index (χ2n) is 8.57. The standard InChI is InChI=1S/C29H29NO6/c1-5-35-22-14-12-19(13-15-22)27(31)25-26(20-8-6-11-24(16-20)36-18(2)3)30(29(33)28(25)32)21-9-7-10-23(17-21)34-4/h6-18,26,31H,5H2,1-4H3/b27-25+. The van der Waals surface area contributed by atoms with Crippen molar-refractivity contribution in [3.8, 4) is 17.2 Å². The Morgan fingerprint density at radius 3 is 2.31 bits per heavy atom. The Hall–Kier alpha value is -4.26. The summed E-state index contributed by atoms with van der Waals surface area (Å²) in [5.41, 5.74) is 1.50. The molecule has 1 amide bonds. The third-order valence-corrected chi connectivity index (χ3v) is 5.76. The maximum absolute atomic E-state index is 13.4. The third kappa shape index (κ3) is 4.91. The zero-order chi connectivity index (χ0) is 25.8. The summed E-state index contributed by atoms with van der Waals surface area (Å²) in [7, 11) is 1.53. The summed E-state index contributed by atoms with van der Waals surface area (Å²) in [5.74, 6) is -0.000369. The maximum Gasteiger partial charge on any atom is 0.300 e. The zero-order valence-electron chi connectivity index (χ0n) is 20.7. The summed E-state index contributed by atoms with van der Waals surface area (Å²) in [6.07, 6.45) is -0.0613. The molecule has 1 aliphatic heterocycles. The topological polar surface area (TPSA) is 85.3 Å². The van der Waals surface area contributed by atoms with Gasteiger partial charge in [-0.3, -0.25) is 14.5 Å². The van der Waals surface area contributed by atoms with Gasteiger partial charge in [0.25, 0.3) is 11.7 Å². The molecule has 0 aromatic heterocycles. The van der Waals surface area contributed by atoms with Gasteiger partial charge in [-0.1, -0.05) is 18.2 Å². The molecule has 0 aliphatic carbocycles. The third-order valence-electron chi connectivity index (χ3n) is 5.76. The van der Waals surface area contributed by atoms with E-state index in [0.717, 1.165) is 0 Å². The molecule has 186 valence electrons. The molecule has 0 saturated carbocycles. The van der Waals surface area contributed by atoms with Crippen molar-refractivity contribution in [3.05, 3.63) is 89.5 Å². The summed E-state index contributed by atoms with van der Waals surface area (Å²) in [6.45, 7) is 6.22. The molecule has 1 saturated heterocycles. The van der Waals surface area contributed by atoms with Gasteiger partial charge in [-0.05, 0) is 74.9 Å². The first-order chi connectivity index (χ1) is 17.3. The number of ketones is 1. The number of nitrogens with zero attached hydrogens (tertiary/aromatic N) is 1. The van der Waals surface area contributed by atoms with Crippen LogP contribution in [0.15, 0.2) is 78.4 Å². The number of hydrogen-bond donors (Lipinski definition) is 1. The number of aliphatic hydroxyl groups excluding tert-OH is 1. The van der Waals surface area contributed by atoms with E-state index in [1.807, 2.05) is 32.9 Å². The van der Waals surface area contributed by atoms with Gasteiger partial charge in [0, 0.05) is 17.3 Å². The molecule has 1 unspecified atom stereocenters. The van der Waals surface area contributed by atoms with E-state index in [9.17, 15) is 14.7 Å². The Bertz CT molecular complexity index is 1300. The van der Waals surface area contributed by atoms with Crippen molar-refractivity contribution >= 4 is 23.1 Å². The van der Waals surface area contributed by atoms with Crippen LogP contribution in [0.5, 0.6) is 17.2 Å². The molecule has 1 atom stereocenters. The average Bonchev–Trinajstić information content (AvgIpc) is 3.14. The first-order valence-corrected chi connectivity index (χ1v) is 11.8. The highest BCUT2D eigenvalue weighted by Gasteiger charge is 2.47. The van der Waals surface area contributed by atoms with Gasteiger partial charge in [0.1, 0.15) is 23.0 Å². The minimum atomic E-state index is -0.876. The number of benzene rings is 3. The maximum atomic E-state index is 13.4. The normalized spacial score (nSPS) is 16.9. The Balaban J connectivity index is 1.89. The van der Waals surface area contributed by atoms with Gasteiger partial charge in [0.15, 0.2) is 0 Å². The number of carbonyl (C=O) groups excluding carboxylic acids is 2. The molecule has 36 heavy (non-hydrogen) atoms. The molecular formula is C29H29NO6. The van der Waals surface area contributed by atoms with Gasteiger partial charge in [0.05, 0.1) is 31.4 Å². The van der Waals surface area contributed by atoms with Crippen LogP contribution in [0.3, 0.4) is 0 Å². The number of rotatable bonds is 8. The fourth-order valence-corrected chi connectivity index (χ4v) is 4.24. The van der Waals surface area contributed by atoms with Gasteiger partial charge in [0.2, 0.25) is 0 Å². The molecule has 0 spiro atoms. The summed E-state index contributed by atoms with van der Waals surface area (Å²) in [6, 6.07) is 20.0. The average molecular weight is 488 g/mol. The van der Waals surface area contributed by atoms with Crippen molar-refractivity contribution in [3.63, 3.8) is 0 Å². The smallest absolute Gasteiger partial charge is 0.300 e. The van der Waals surface area contributed by atoms with Crippen LogP contribution in [-0.4, -0.2) is 36.6 Å². The first kappa shape index (κ1) is 24.9. The minimum absolute atomic E-state index is 0.00585. The van der Waals surface area contributed by atoms with Crippen LogP contribution < -0.4 is 19.1 Å². The number of amides is 1. The van der Waals surface area contributed by atoms with E-state index in [0.29, 0.717) is 40.7 Å². The van der Waals surface area contributed by atoms with Crippen molar-refractivity contribution in [1.82, 2.24) is 0 Å². The number of aliphatic hydroxyl groups is 1. The van der Waals surface area contributed by atoms with Crippen LogP contribution in [0.25, 0.3) is 5.76 Å². The molecule has 0 bridgehead atoms. The van der Waals surface area contributed by atoms with Gasteiger partial charge in [-0.2, -0.15) is 0 Å². The van der Waals surface area contributed by atoms with Crippen molar-refractivity contribution in [2.45, 2.75) is 32.9 Å². The SMILES string of the molecule is CCOc1ccc(/C(O)=C2\C(=O)C(=O)N(c3cccc(OC)c3)C2c2cccc(OC(C)C)c2)cc1. The van der Waals surface area contributed by atoms with Crippen LogP contribution in [0.1, 0.15) is 37.9 Å². The van der Waals surface area contributed by atoms with E-state index in [4.69, 9.17) is 14.2 Å². The molecule has 0 radical (unpaired) electrons. The monoisotopic (exact) mass is 487 g/mol. The first-order valence-electron chi connectivity index (χ1n) is 11.8. The van der Waals surface area contributed by atoms with E-state index in [2.05, 4.69) is 0 Å². The molecule has 3 aromatic carbocycles. The molecule has 3 aromatic rings. The molecule has 1 aliphatic rings. The molecule has 4 rings (SSSR count). The second-order valence-corrected chi connectivity index (χ2v) is 8.57. The molecule has 1 fully saturated rings. The summed E-state index contributed by atoms with van der Waals surface area (Å²) >= 11 is 0. The molecule has 7 nitrogen and oxygen atoms in total. The van der Waals surface area contributed by atoms with Crippen molar-refractivity contribution in [2.24, 2.45) is 0 Å². The van der Waals surface area contributed by atoms with E-state index < -0.39 is 17.7 Å². The fourth-order valence-electron chi connectivity index (χ4n) is 4.24. The number of Topliss-reactive ketones (excluding diaryl/α,β-unsaturated/α-hetero) is 1. The highest BCUT2D eigenvalue weighted by molar-refractivity contribution is 6.51. The molecule has 7 heteroatoms. The summed E-state index contributed by atoms with van der Waals surface area (Å²) in [5, 5.41) is 11.3. The summed E-state index contributed by atoms with van der Waals surface area (Å²) in [4.78, 5) is 28.1. The predicted octanol–water partition coefficient (Wildman–Crippen LogP) is 5.51. The minimum Gasteiger partial charge on any atom is -0.507 e. The van der Waals surface area contributed by atoms with Gasteiger partial charge in [-0.15, -0.1) is 0 Å². The number of hydrogen-bond acceptors (Lipinski definition) is 6. The van der Waals surface area contributed by atoms with Gasteiger partial charge in [-0.25, -0.2) is 0 Å². The lowest BCUT2D eigenvalue weighted by molar-refractivity contribution is -0.132. The van der Waals surface area contributed by atoms with Crippen LogP contribution in [0, 0.1) is 0 Å². The van der Waals surface area contributed by atoms with E-state index >= 15 is 0 Å². The highest BCUT2D eigenvalue weighted by Crippen LogP contribution is 2.43. The van der Waals surface area contributed by atoms with E-state index in [1.165, 1.54) is 12.0 Å². The van der Waals surface area contributed by atoms with Crippen molar-refractivity contribution in [2.75, 3.05) is 18.6 Å². The van der Waals surface area contributed by atoms with Gasteiger partial charge < -0.3 is 19.3 Å². The van der Waals surface area contributed by atoms with E-state index in [1.54, 1.807) is 60.7 Å². The lowest BCUT2D eigenvalue weighted by atomic mass is 9.95. The van der Waals surface area contributed by atoms with Crippen molar-refractivity contribution < 1.29 is 28.9 Å². The number of methoxy groups -OCH3 is 1. The molecule has 1 heterocycles. The quantitative estimate of drug-likeness (QED) is 0.256. The van der Waals surface area contributed by atoms with Gasteiger partial charge >= 0.3 is 0 Å². The Morgan fingerprint density at radius 2 is 1.64 bits per heavy atom. The predicted molar refractivity (Wildman–Crippen MR) is 138 cm³/mol. The zero-order valence-corrected chi connectivity index (χ0v) is 20.7. The van der Waals surface area contributed by atoms with Crippen LogP contribution in [0.2, 0.25) is 0 Å². The lowest BCUT2D eigenvalue weighted by Gasteiger charge is -2.26. The van der Waals surface area contributed by atoms with E-state index in [-0.39, 0.29) is 17.4 Å². The number of anilines is 1. The van der Waals surface area contributed by atoms with Crippen molar-refractivity contribution in [1.29, 1.82) is 0 Å². The fraction of sp³-hybridized carbons (Fsp3) is 0.241.